The molecule has 2 aromatic heterocycles. The van der Waals surface area contributed by atoms with Gasteiger partial charge in [0.25, 0.3) is 0 Å². The molecule has 1 aliphatic carbocycles. The van der Waals surface area contributed by atoms with Gasteiger partial charge in [0, 0.05) is 11.6 Å². The van der Waals surface area contributed by atoms with Crippen LogP contribution in [0.4, 0.5) is 5.69 Å². The highest BCUT2D eigenvalue weighted by Gasteiger charge is 2.28. The molecule has 4 rings (SSSR count). The highest BCUT2D eigenvalue weighted by atomic mass is 32.2. The third-order valence-electron chi connectivity index (χ3n) is 2.93. The normalized spacial score (nSPS) is 15.2. The summed E-state index contributed by atoms with van der Waals surface area (Å²) in [5.74, 6) is 1.62. The van der Waals surface area contributed by atoms with Crippen LogP contribution in [0.15, 0.2) is 26.9 Å². The molecule has 2 N–H and O–H groups in total. The molecule has 7 heteroatoms. The first-order valence-electron chi connectivity index (χ1n) is 5.95. The van der Waals surface area contributed by atoms with Crippen LogP contribution in [0.1, 0.15) is 24.6 Å². The van der Waals surface area contributed by atoms with Crippen LogP contribution in [0.25, 0.3) is 10.2 Å². The van der Waals surface area contributed by atoms with Gasteiger partial charge in [0.2, 0.25) is 0 Å². The van der Waals surface area contributed by atoms with Gasteiger partial charge in [0.1, 0.15) is 5.82 Å². The van der Waals surface area contributed by atoms with E-state index in [-0.39, 0.29) is 0 Å². The predicted molar refractivity (Wildman–Crippen MR) is 80.0 cm³/mol. The minimum atomic E-state index is 0.612. The highest BCUT2D eigenvalue weighted by molar-refractivity contribution is 8.02. The zero-order valence-electron chi connectivity index (χ0n) is 9.87. The first-order valence-corrected chi connectivity index (χ1v) is 8.36. The van der Waals surface area contributed by atoms with Crippen LogP contribution in [-0.4, -0.2) is 14.3 Å². The van der Waals surface area contributed by atoms with Gasteiger partial charge in [-0.15, -0.1) is 11.3 Å². The molecule has 0 amide bonds. The number of anilines is 1. The quantitative estimate of drug-likeness (QED) is 0.746. The van der Waals surface area contributed by atoms with Crippen molar-refractivity contribution >= 4 is 50.5 Å². The summed E-state index contributed by atoms with van der Waals surface area (Å²) in [5.41, 5.74) is 7.55. The molecule has 3 aromatic rings. The molecule has 0 atom stereocenters. The lowest BCUT2D eigenvalue weighted by Gasteiger charge is -1.88. The van der Waals surface area contributed by atoms with Gasteiger partial charge in [-0.05, 0) is 54.3 Å². The van der Waals surface area contributed by atoms with Gasteiger partial charge in [0.15, 0.2) is 8.68 Å². The van der Waals surface area contributed by atoms with Crippen molar-refractivity contribution in [3.05, 3.63) is 24.0 Å². The number of fused-ring (bicyclic) bond motifs is 1. The Labute approximate surface area is 122 Å². The van der Waals surface area contributed by atoms with Crippen LogP contribution < -0.4 is 5.73 Å². The first-order chi connectivity index (χ1) is 9.28. The summed E-state index contributed by atoms with van der Waals surface area (Å²) < 4.78 is 7.51. The number of nitrogens with two attached hydrogens (primary N) is 1. The Morgan fingerprint density at radius 1 is 1.21 bits per heavy atom. The summed E-state index contributed by atoms with van der Waals surface area (Å²) in [4.78, 5) is 9.15. The van der Waals surface area contributed by atoms with Crippen molar-refractivity contribution in [2.45, 2.75) is 27.4 Å². The lowest BCUT2D eigenvalue weighted by molar-refractivity contribution is 0.958. The topological polar surface area (TPSA) is 64.7 Å². The molecule has 0 saturated heterocycles. The molecule has 0 spiro atoms. The van der Waals surface area contributed by atoms with Crippen LogP contribution in [0, 0.1) is 0 Å². The average molecular weight is 306 g/mol. The van der Waals surface area contributed by atoms with Crippen molar-refractivity contribution < 1.29 is 0 Å². The molecule has 0 bridgehead atoms. The van der Waals surface area contributed by atoms with Crippen LogP contribution in [0.5, 0.6) is 0 Å². The van der Waals surface area contributed by atoms with Gasteiger partial charge >= 0.3 is 0 Å². The zero-order chi connectivity index (χ0) is 12.8. The molecule has 0 radical (unpaired) electrons. The van der Waals surface area contributed by atoms with Crippen LogP contribution in [0.2, 0.25) is 0 Å². The van der Waals surface area contributed by atoms with Gasteiger partial charge in [-0.3, -0.25) is 0 Å². The Morgan fingerprint density at radius 2 is 2.11 bits per heavy atom. The lowest BCUT2D eigenvalue weighted by atomic mass is 10.3. The molecule has 1 fully saturated rings. The molecule has 1 aromatic carbocycles. The molecular weight excluding hydrogens is 296 g/mol. The second-order valence-corrected chi connectivity index (χ2v) is 7.78. The smallest absolute Gasteiger partial charge is 0.177 e. The SMILES string of the molecule is Nc1ccc2nc(Sc3nc(C4CC4)ns3)sc2c1. The van der Waals surface area contributed by atoms with E-state index in [1.54, 1.807) is 23.1 Å². The van der Waals surface area contributed by atoms with Gasteiger partial charge in [-0.25, -0.2) is 9.97 Å². The van der Waals surface area contributed by atoms with E-state index in [1.165, 1.54) is 24.4 Å². The van der Waals surface area contributed by atoms with Crippen LogP contribution in [-0.2, 0) is 0 Å². The molecule has 1 aliphatic rings. The second kappa shape index (κ2) is 4.43. The molecule has 1 saturated carbocycles. The monoisotopic (exact) mass is 306 g/mol. The van der Waals surface area contributed by atoms with Crippen LogP contribution in [0.3, 0.4) is 0 Å². The minimum Gasteiger partial charge on any atom is -0.399 e. The summed E-state index contributed by atoms with van der Waals surface area (Å²) in [7, 11) is 0. The molecule has 96 valence electrons. The number of hydrogen-bond acceptors (Lipinski definition) is 7. The summed E-state index contributed by atoms with van der Waals surface area (Å²) in [6, 6.07) is 5.81. The van der Waals surface area contributed by atoms with Gasteiger partial charge in [0.05, 0.1) is 10.2 Å². The van der Waals surface area contributed by atoms with E-state index in [2.05, 4.69) is 14.3 Å². The molecule has 0 unspecified atom stereocenters. The van der Waals surface area contributed by atoms with Crippen molar-refractivity contribution in [3.63, 3.8) is 0 Å². The predicted octanol–water partition coefficient (Wildman–Crippen LogP) is 3.76. The van der Waals surface area contributed by atoms with Crippen molar-refractivity contribution in [2.24, 2.45) is 0 Å². The first kappa shape index (κ1) is 11.6. The number of thiazole rings is 1. The van der Waals surface area contributed by atoms with E-state index in [0.717, 1.165) is 30.4 Å². The third-order valence-corrected chi connectivity index (χ3v) is 5.78. The summed E-state index contributed by atoms with van der Waals surface area (Å²) in [6.07, 6.45) is 2.47. The number of hydrogen-bond donors (Lipinski definition) is 1. The number of nitrogen functional groups attached to an aromatic ring is 1. The van der Waals surface area contributed by atoms with Gasteiger partial charge < -0.3 is 5.73 Å². The minimum absolute atomic E-state index is 0.612. The Morgan fingerprint density at radius 3 is 2.95 bits per heavy atom. The van der Waals surface area contributed by atoms with Crippen molar-refractivity contribution in [1.82, 2.24) is 14.3 Å². The Bertz CT molecular complexity index is 744. The van der Waals surface area contributed by atoms with E-state index in [1.807, 2.05) is 18.2 Å². The summed E-state index contributed by atoms with van der Waals surface area (Å²) >= 11 is 4.72. The number of benzene rings is 1. The van der Waals surface area contributed by atoms with Crippen molar-refractivity contribution in [1.29, 1.82) is 0 Å². The van der Waals surface area contributed by atoms with Crippen molar-refractivity contribution in [3.8, 4) is 0 Å². The molecule has 19 heavy (non-hydrogen) atoms. The van der Waals surface area contributed by atoms with Crippen LogP contribution >= 0.6 is 34.6 Å². The maximum Gasteiger partial charge on any atom is 0.177 e. The maximum absolute atomic E-state index is 5.78. The summed E-state index contributed by atoms with van der Waals surface area (Å²) in [6.45, 7) is 0. The third kappa shape index (κ3) is 2.33. The Balaban J connectivity index is 1.62. The van der Waals surface area contributed by atoms with E-state index in [9.17, 15) is 0 Å². The Hall–Kier alpha value is -1.18. The van der Waals surface area contributed by atoms with Crippen molar-refractivity contribution in [2.75, 3.05) is 5.73 Å². The lowest BCUT2D eigenvalue weighted by Crippen LogP contribution is -1.81. The zero-order valence-corrected chi connectivity index (χ0v) is 12.3. The van der Waals surface area contributed by atoms with E-state index in [0.29, 0.717) is 5.92 Å². The summed E-state index contributed by atoms with van der Waals surface area (Å²) in [5, 5.41) is 0. The van der Waals surface area contributed by atoms with Gasteiger partial charge in [-0.1, -0.05) is 0 Å². The fraction of sp³-hybridized carbons (Fsp3) is 0.250. The standard InChI is InChI=1S/C12H10N4S3/c13-7-3-4-8-9(5-7)17-11(14-8)18-12-15-10(16-19-12)6-1-2-6/h3-6H,1-2,13H2. The fourth-order valence-corrected chi connectivity index (χ4v) is 4.81. The van der Waals surface area contributed by atoms with E-state index >= 15 is 0 Å². The number of aromatic nitrogens is 3. The largest absolute Gasteiger partial charge is 0.399 e. The molecule has 2 heterocycles. The van der Waals surface area contributed by atoms with Gasteiger partial charge in [-0.2, -0.15) is 4.37 Å². The number of nitrogens with zero attached hydrogens (tertiary/aromatic N) is 3. The highest BCUT2D eigenvalue weighted by Crippen LogP contribution is 2.41. The number of rotatable bonds is 3. The van der Waals surface area contributed by atoms with E-state index in [4.69, 9.17) is 5.73 Å². The molecular formula is C12H10N4S3. The van der Waals surface area contributed by atoms with E-state index < -0.39 is 0 Å². The maximum atomic E-state index is 5.78. The molecule has 4 nitrogen and oxygen atoms in total. The second-order valence-electron chi connectivity index (χ2n) is 4.50. The fourth-order valence-electron chi connectivity index (χ4n) is 1.81. The Kier molecular flexibility index (Phi) is 2.71. The average Bonchev–Trinajstić information content (AvgIpc) is 3.01. The molecule has 0 aliphatic heterocycles.